The number of hydrogen-bond acceptors (Lipinski definition) is 4. The van der Waals surface area contributed by atoms with Gasteiger partial charge in [0.25, 0.3) is 5.91 Å². The molecule has 0 saturated carbocycles. The lowest BCUT2D eigenvalue weighted by molar-refractivity contribution is 0.0745. The first kappa shape index (κ1) is 11.5. The van der Waals surface area contributed by atoms with Crippen LogP contribution >= 0.6 is 0 Å². The fourth-order valence-electron chi connectivity index (χ4n) is 1.16. The van der Waals surface area contributed by atoms with E-state index in [1.165, 1.54) is 6.20 Å². The number of carbonyl (C=O) groups excluding carboxylic acids is 1. The summed E-state index contributed by atoms with van der Waals surface area (Å²) in [6.45, 7) is 3.91. The fourth-order valence-corrected chi connectivity index (χ4v) is 1.16. The Morgan fingerprint density at radius 3 is 2.67 bits per heavy atom. The third-order valence-electron chi connectivity index (χ3n) is 2.43. The minimum absolute atomic E-state index is 0.0681. The molecule has 0 bridgehead atoms. The first-order chi connectivity index (χ1) is 6.99. The molecule has 0 aliphatic heterocycles. The van der Waals surface area contributed by atoms with E-state index in [0.29, 0.717) is 11.6 Å². The van der Waals surface area contributed by atoms with Gasteiger partial charge in [0, 0.05) is 20.1 Å². The Morgan fingerprint density at radius 1 is 1.67 bits per heavy atom. The molecule has 1 heterocycles. The predicted octanol–water partition coefficient (Wildman–Crippen LogP) is 0.186. The second kappa shape index (κ2) is 4.31. The van der Waals surface area contributed by atoms with Crippen LogP contribution in [0.1, 0.15) is 24.3 Å². The van der Waals surface area contributed by atoms with E-state index in [0.717, 1.165) is 0 Å². The van der Waals surface area contributed by atoms with E-state index >= 15 is 0 Å². The first-order valence-electron chi connectivity index (χ1n) is 4.74. The topological polar surface area (TPSA) is 76.2 Å². The second-order valence-corrected chi connectivity index (χ2v) is 3.68. The number of amides is 1. The summed E-state index contributed by atoms with van der Waals surface area (Å²) in [5, 5.41) is 0. The highest BCUT2D eigenvalue weighted by molar-refractivity contribution is 5.92. The summed E-state index contributed by atoms with van der Waals surface area (Å²) in [5.74, 6) is 5.64. The van der Waals surface area contributed by atoms with Gasteiger partial charge in [-0.3, -0.25) is 10.2 Å². The zero-order chi connectivity index (χ0) is 11.6. The molecule has 0 spiro atoms. The van der Waals surface area contributed by atoms with E-state index in [1.54, 1.807) is 23.6 Å². The summed E-state index contributed by atoms with van der Waals surface area (Å²) < 4.78 is 1.63. The van der Waals surface area contributed by atoms with E-state index < -0.39 is 0 Å². The Balaban J connectivity index is 2.96. The molecule has 6 nitrogen and oxygen atoms in total. The van der Waals surface area contributed by atoms with Crippen molar-refractivity contribution in [2.75, 3.05) is 12.5 Å². The van der Waals surface area contributed by atoms with Crippen LogP contribution in [0.2, 0.25) is 0 Å². The standard InChI is InChI=1S/C9H17N5O/c1-6(2)13(3)8(15)7-5-11-9(12-10)14(7)4/h5-6H,10H2,1-4H3,(H,11,12). The number of nitrogens with two attached hydrogens (primary N) is 1. The van der Waals surface area contributed by atoms with Crippen molar-refractivity contribution in [2.24, 2.45) is 12.9 Å². The molecule has 6 heteroatoms. The van der Waals surface area contributed by atoms with Gasteiger partial charge in [-0.1, -0.05) is 0 Å². The number of nitrogens with zero attached hydrogens (tertiary/aromatic N) is 3. The third-order valence-corrected chi connectivity index (χ3v) is 2.43. The lowest BCUT2D eigenvalue weighted by Crippen LogP contribution is -2.34. The highest BCUT2D eigenvalue weighted by Gasteiger charge is 2.19. The number of aromatic nitrogens is 2. The van der Waals surface area contributed by atoms with Gasteiger partial charge in [0.15, 0.2) is 0 Å². The fraction of sp³-hybridized carbons (Fsp3) is 0.556. The highest BCUT2D eigenvalue weighted by Crippen LogP contribution is 2.10. The Morgan fingerprint density at radius 2 is 2.27 bits per heavy atom. The van der Waals surface area contributed by atoms with E-state index in [1.807, 2.05) is 13.8 Å². The van der Waals surface area contributed by atoms with Crippen LogP contribution < -0.4 is 11.3 Å². The zero-order valence-electron chi connectivity index (χ0n) is 9.48. The number of imidazole rings is 1. The summed E-state index contributed by atoms with van der Waals surface area (Å²) in [5.41, 5.74) is 2.93. The van der Waals surface area contributed by atoms with Crippen LogP contribution in [0, 0.1) is 0 Å². The van der Waals surface area contributed by atoms with Crippen LogP contribution in [-0.4, -0.2) is 33.4 Å². The molecular formula is C9H17N5O. The van der Waals surface area contributed by atoms with Crippen molar-refractivity contribution in [3.8, 4) is 0 Å². The molecule has 0 aliphatic carbocycles. The average Bonchev–Trinajstić information content (AvgIpc) is 2.57. The van der Waals surface area contributed by atoms with Crippen LogP contribution in [-0.2, 0) is 7.05 Å². The molecule has 1 aromatic rings. The summed E-state index contributed by atoms with van der Waals surface area (Å²) in [6.07, 6.45) is 1.51. The summed E-state index contributed by atoms with van der Waals surface area (Å²) >= 11 is 0. The van der Waals surface area contributed by atoms with Gasteiger partial charge >= 0.3 is 0 Å². The number of anilines is 1. The number of carbonyl (C=O) groups is 1. The molecular weight excluding hydrogens is 194 g/mol. The number of hydrazine groups is 1. The van der Waals surface area contributed by atoms with Gasteiger partial charge in [0.1, 0.15) is 5.69 Å². The summed E-state index contributed by atoms with van der Waals surface area (Å²) in [6, 6.07) is 0.154. The Hall–Kier alpha value is -1.56. The number of rotatable bonds is 3. The lowest BCUT2D eigenvalue weighted by Gasteiger charge is -2.21. The van der Waals surface area contributed by atoms with Gasteiger partial charge in [-0.25, -0.2) is 10.8 Å². The predicted molar refractivity (Wildman–Crippen MR) is 58.2 cm³/mol. The van der Waals surface area contributed by atoms with Crippen LogP contribution in [0.4, 0.5) is 5.95 Å². The van der Waals surface area contributed by atoms with E-state index in [4.69, 9.17) is 5.84 Å². The average molecular weight is 211 g/mol. The molecule has 84 valence electrons. The van der Waals surface area contributed by atoms with E-state index in [-0.39, 0.29) is 11.9 Å². The van der Waals surface area contributed by atoms with E-state index in [2.05, 4.69) is 10.4 Å². The van der Waals surface area contributed by atoms with Gasteiger partial charge in [0.2, 0.25) is 5.95 Å². The first-order valence-corrected chi connectivity index (χ1v) is 4.74. The molecule has 1 rings (SSSR count). The van der Waals surface area contributed by atoms with Gasteiger partial charge in [0.05, 0.1) is 6.20 Å². The zero-order valence-corrected chi connectivity index (χ0v) is 9.48. The smallest absolute Gasteiger partial charge is 0.272 e. The SMILES string of the molecule is CC(C)N(C)C(=O)c1cnc(NN)n1C. The molecule has 15 heavy (non-hydrogen) atoms. The molecule has 1 amide bonds. The maximum Gasteiger partial charge on any atom is 0.272 e. The second-order valence-electron chi connectivity index (χ2n) is 3.68. The van der Waals surface area contributed by atoms with Gasteiger partial charge in [-0.05, 0) is 13.8 Å². The van der Waals surface area contributed by atoms with Gasteiger partial charge in [-0.15, -0.1) is 0 Å². The molecule has 0 fully saturated rings. The number of nitrogen functional groups attached to an aromatic ring is 1. The molecule has 0 aromatic carbocycles. The molecule has 0 aliphatic rings. The molecule has 0 saturated heterocycles. The van der Waals surface area contributed by atoms with Crippen molar-refractivity contribution in [1.82, 2.24) is 14.5 Å². The van der Waals surface area contributed by atoms with Crippen molar-refractivity contribution >= 4 is 11.9 Å². The highest BCUT2D eigenvalue weighted by atomic mass is 16.2. The Labute approximate surface area is 89.0 Å². The van der Waals surface area contributed by atoms with Crippen LogP contribution in [0.15, 0.2) is 6.20 Å². The largest absolute Gasteiger partial charge is 0.338 e. The normalized spacial score (nSPS) is 10.5. The van der Waals surface area contributed by atoms with Crippen molar-refractivity contribution in [2.45, 2.75) is 19.9 Å². The van der Waals surface area contributed by atoms with Crippen molar-refractivity contribution in [3.63, 3.8) is 0 Å². The molecule has 0 atom stereocenters. The number of hydrogen-bond donors (Lipinski definition) is 2. The van der Waals surface area contributed by atoms with Crippen molar-refractivity contribution < 1.29 is 4.79 Å². The minimum Gasteiger partial charge on any atom is -0.338 e. The Kier molecular flexibility index (Phi) is 3.31. The van der Waals surface area contributed by atoms with Crippen molar-refractivity contribution in [3.05, 3.63) is 11.9 Å². The lowest BCUT2D eigenvalue weighted by atomic mass is 10.3. The third kappa shape index (κ3) is 2.10. The van der Waals surface area contributed by atoms with Crippen LogP contribution in [0.25, 0.3) is 0 Å². The summed E-state index contributed by atoms with van der Waals surface area (Å²) in [7, 11) is 3.50. The van der Waals surface area contributed by atoms with Crippen molar-refractivity contribution in [1.29, 1.82) is 0 Å². The molecule has 0 unspecified atom stereocenters. The quantitative estimate of drug-likeness (QED) is 0.552. The minimum atomic E-state index is -0.0681. The van der Waals surface area contributed by atoms with Crippen LogP contribution in [0.3, 0.4) is 0 Å². The van der Waals surface area contributed by atoms with Gasteiger partial charge in [-0.2, -0.15) is 0 Å². The summed E-state index contributed by atoms with van der Waals surface area (Å²) in [4.78, 5) is 17.6. The maximum atomic E-state index is 11.9. The Bertz CT molecular complexity index is 357. The molecule has 3 N–H and O–H groups in total. The monoisotopic (exact) mass is 211 g/mol. The van der Waals surface area contributed by atoms with Gasteiger partial charge < -0.3 is 9.47 Å². The number of nitrogens with one attached hydrogen (secondary N) is 1. The molecule has 0 radical (unpaired) electrons. The molecule has 1 aromatic heterocycles. The maximum absolute atomic E-state index is 11.9. The van der Waals surface area contributed by atoms with E-state index in [9.17, 15) is 4.79 Å². The van der Waals surface area contributed by atoms with Crippen LogP contribution in [0.5, 0.6) is 0 Å².